The maximum absolute atomic E-state index is 14.1. The molecule has 176 valence electrons. The predicted molar refractivity (Wildman–Crippen MR) is 125 cm³/mol. The van der Waals surface area contributed by atoms with Gasteiger partial charge in [0.25, 0.3) is 0 Å². The van der Waals surface area contributed by atoms with Gasteiger partial charge < -0.3 is 9.47 Å². The second kappa shape index (κ2) is 9.23. The first kappa shape index (κ1) is 23.4. The number of imidazole rings is 1. The van der Waals surface area contributed by atoms with Gasteiger partial charge in [0.15, 0.2) is 0 Å². The summed E-state index contributed by atoms with van der Waals surface area (Å²) in [5, 5.41) is 0. The van der Waals surface area contributed by atoms with Gasteiger partial charge in [0.2, 0.25) is 15.9 Å². The van der Waals surface area contributed by atoms with Crippen LogP contribution in [0.2, 0.25) is 0 Å². The molecule has 1 aromatic heterocycles. The smallest absolute Gasteiger partial charge is 0.242 e. The highest BCUT2D eigenvalue weighted by molar-refractivity contribution is 7.89. The highest BCUT2D eigenvalue weighted by Gasteiger charge is 2.33. The molecular formula is C24H29FN4O3S. The lowest BCUT2D eigenvalue weighted by Gasteiger charge is -2.23. The molecule has 0 spiro atoms. The van der Waals surface area contributed by atoms with Crippen molar-refractivity contribution in [3.8, 4) is 0 Å². The molecule has 1 saturated carbocycles. The Morgan fingerprint density at radius 3 is 2.55 bits per heavy atom. The van der Waals surface area contributed by atoms with Crippen LogP contribution in [0, 0.1) is 5.82 Å². The van der Waals surface area contributed by atoms with Gasteiger partial charge in [-0.2, -0.15) is 0 Å². The number of carbonyl (C=O) groups is 1. The fraction of sp³-hybridized carbons (Fsp3) is 0.417. The van der Waals surface area contributed by atoms with E-state index in [-0.39, 0.29) is 35.6 Å². The minimum Gasteiger partial charge on any atom is -0.335 e. The Kier molecular flexibility index (Phi) is 6.54. The van der Waals surface area contributed by atoms with Crippen LogP contribution in [0.15, 0.2) is 47.4 Å². The molecule has 4 rings (SSSR count). The normalized spacial score (nSPS) is 14.2. The number of fused-ring (bicyclic) bond motifs is 1. The quantitative estimate of drug-likeness (QED) is 0.477. The number of aromatic nitrogens is 2. The standard InChI is InChI=1S/C24H29FN4O3S/c1-4-28-22-12-11-19(33(31,32)27(2)3)15-21(22)26-23(28)13-14-24(30)29(18-9-10-18)16-17-7-5-6-8-20(17)25/h5-8,11-12,15,18H,4,9-10,13-14,16H2,1-3H3. The topological polar surface area (TPSA) is 75.5 Å². The summed E-state index contributed by atoms with van der Waals surface area (Å²) in [7, 11) is -0.570. The molecule has 1 amide bonds. The lowest BCUT2D eigenvalue weighted by Crippen LogP contribution is -2.33. The third-order valence-corrected chi connectivity index (χ3v) is 7.87. The fourth-order valence-electron chi connectivity index (χ4n) is 4.05. The van der Waals surface area contributed by atoms with Crippen molar-refractivity contribution in [1.82, 2.24) is 18.8 Å². The molecule has 0 saturated heterocycles. The number of hydrogen-bond donors (Lipinski definition) is 0. The number of benzene rings is 2. The Labute approximate surface area is 193 Å². The van der Waals surface area contributed by atoms with Gasteiger partial charge in [0.05, 0.1) is 15.9 Å². The molecule has 1 aliphatic carbocycles. The molecule has 7 nitrogen and oxygen atoms in total. The van der Waals surface area contributed by atoms with E-state index in [9.17, 15) is 17.6 Å². The van der Waals surface area contributed by atoms with Crippen molar-refractivity contribution in [2.45, 2.75) is 56.6 Å². The van der Waals surface area contributed by atoms with Gasteiger partial charge in [-0.25, -0.2) is 22.1 Å². The van der Waals surface area contributed by atoms with Crippen molar-refractivity contribution < 1.29 is 17.6 Å². The molecule has 33 heavy (non-hydrogen) atoms. The van der Waals surface area contributed by atoms with E-state index in [1.165, 1.54) is 24.5 Å². The molecular weight excluding hydrogens is 443 g/mol. The molecule has 0 aliphatic heterocycles. The van der Waals surface area contributed by atoms with E-state index < -0.39 is 10.0 Å². The summed E-state index contributed by atoms with van der Waals surface area (Å²) in [6, 6.07) is 11.7. The van der Waals surface area contributed by atoms with Crippen LogP contribution in [0.1, 0.15) is 37.6 Å². The summed E-state index contributed by atoms with van der Waals surface area (Å²) in [6.45, 7) is 2.92. The van der Waals surface area contributed by atoms with Crippen molar-refractivity contribution in [3.63, 3.8) is 0 Å². The molecule has 0 bridgehead atoms. The van der Waals surface area contributed by atoms with E-state index in [2.05, 4.69) is 4.98 Å². The number of sulfonamides is 1. The van der Waals surface area contributed by atoms with E-state index in [0.717, 1.165) is 24.2 Å². The van der Waals surface area contributed by atoms with Crippen LogP contribution in [-0.2, 0) is 34.3 Å². The summed E-state index contributed by atoms with van der Waals surface area (Å²) in [5.41, 5.74) is 1.95. The third kappa shape index (κ3) is 4.79. The average Bonchev–Trinajstić information content (AvgIpc) is 3.56. The predicted octanol–water partition coefficient (Wildman–Crippen LogP) is 3.57. The molecule has 1 fully saturated rings. The number of nitrogens with zero attached hydrogens (tertiary/aromatic N) is 4. The second-order valence-electron chi connectivity index (χ2n) is 8.55. The summed E-state index contributed by atoms with van der Waals surface area (Å²) < 4.78 is 42.3. The zero-order valence-electron chi connectivity index (χ0n) is 19.2. The van der Waals surface area contributed by atoms with Crippen LogP contribution in [0.25, 0.3) is 11.0 Å². The lowest BCUT2D eigenvalue weighted by atomic mass is 10.1. The van der Waals surface area contributed by atoms with Gasteiger partial charge >= 0.3 is 0 Å². The van der Waals surface area contributed by atoms with Crippen LogP contribution in [0.5, 0.6) is 0 Å². The van der Waals surface area contributed by atoms with Crippen LogP contribution in [0.3, 0.4) is 0 Å². The van der Waals surface area contributed by atoms with Gasteiger partial charge in [0, 0.05) is 51.6 Å². The van der Waals surface area contributed by atoms with Gasteiger partial charge in [-0.15, -0.1) is 0 Å². The summed E-state index contributed by atoms with van der Waals surface area (Å²) in [4.78, 5) is 19.7. The first-order valence-electron chi connectivity index (χ1n) is 11.2. The Bertz CT molecular complexity index is 1280. The number of hydrogen-bond acceptors (Lipinski definition) is 4. The zero-order valence-corrected chi connectivity index (χ0v) is 20.0. The molecule has 3 aromatic rings. The Hall–Kier alpha value is -2.78. The van der Waals surface area contributed by atoms with Crippen molar-refractivity contribution >= 4 is 27.0 Å². The van der Waals surface area contributed by atoms with Gasteiger partial charge in [-0.05, 0) is 44.0 Å². The van der Waals surface area contributed by atoms with Gasteiger partial charge in [-0.3, -0.25) is 4.79 Å². The van der Waals surface area contributed by atoms with E-state index in [1.54, 1.807) is 41.3 Å². The minimum atomic E-state index is -3.56. The van der Waals surface area contributed by atoms with E-state index in [0.29, 0.717) is 24.0 Å². The van der Waals surface area contributed by atoms with Crippen molar-refractivity contribution in [2.75, 3.05) is 14.1 Å². The van der Waals surface area contributed by atoms with Crippen LogP contribution >= 0.6 is 0 Å². The van der Waals surface area contributed by atoms with Crippen molar-refractivity contribution in [1.29, 1.82) is 0 Å². The maximum Gasteiger partial charge on any atom is 0.242 e. The summed E-state index contributed by atoms with van der Waals surface area (Å²) >= 11 is 0. The monoisotopic (exact) mass is 472 g/mol. The van der Waals surface area contributed by atoms with Crippen molar-refractivity contribution in [2.24, 2.45) is 0 Å². The molecule has 0 radical (unpaired) electrons. The lowest BCUT2D eigenvalue weighted by molar-refractivity contribution is -0.132. The molecule has 0 N–H and O–H groups in total. The third-order valence-electron chi connectivity index (χ3n) is 6.06. The highest BCUT2D eigenvalue weighted by Crippen LogP contribution is 2.30. The Morgan fingerprint density at radius 2 is 1.91 bits per heavy atom. The van der Waals surface area contributed by atoms with E-state index in [4.69, 9.17) is 0 Å². The molecule has 0 atom stereocenters. The number of rotatable bonds is 9. The number of halogens is 1. The molecule has 9 heteroatoms. The first-order valence-corrected chi connectivity index (χ1v) is 12.6. The van der Waals surface area contributed by atoms with Gasteiger partial charge in [-0.1, -0.05) is 18.2 Å². The molecule has 0 unspecified atom stereocenters. The van der Waals surface area contributed by atoms with Crippen LogP contribution in [0.4, 0.5) is 4.39 Å². The molecule has 1 aliphatic rings. The van der Waals surface area contributed by atoms with Crippen LogP contribution < -0.4 is 0 Å². The SMILES string of the molecule is CCn1c(CCC(=O)N(Cc2ccccc2F)C2CC2)nc2cc(S(=O)(=O)N(C)C)ccc21. The zero-order chi connectivity index (χ0) is 23.8. The Balaban J connectivity index is 1.54. The van der Waals surface area contributed by atoms with Crippen LogP contribution in [-0.4, -0.2) is 53.2 Å². The van der Waals surface area contributed by atoms with Gasteiger partial charge in [0.1, 0.15) is 11.6 Å². The highest BCUT2D eigenvalue weighted by atomic mass is 32.2. The number of carbonyl (C=O) groups excluding carboxylic acids is 1. The molecule has 2 aromatic carbocycles. The minimum absolute atomic E-state index is 0.0219. The summed E-state index contributed by atoms with van der Waals surface area (Å²) in [5.74, 6) is 0.417. The largest absolute Gasteiger partial charge is 0.335 e. The number of aryl methyl sites for hydroxylation is 2. The number of amides is 1. The first-order chi connectivity index (χ1) is 15.7. The second-order valence-corrected chi connectivity index (χ2v) is 10.7. The summed E-state index contributed by atoms with van der Waals surface area (Å²) in [6.07, 6.45) is 2.57. The van der Waals surface area contributed by atoms with E-state index in [1.807, 2.05) is 11.5 Å². The average molecular weight is 473 g/mol. The Morgan fingerprint density at radius 1 is 1.18 bits per heavy atom. The maximum atomic E-state index is 14.1. The molecule has 1 heterocycles. The van der Waals surface area contributed by atoms with Crippen molar-refractivity contribution in [3.05, 3.63) is 59.7 Å². The fourth-order valence-corrected chi connectivity index (χ4v) is 4.98. The van der Waals surface area contributed by atoms with E-state index >= 15 is 0 Å².